The Morgan fingerprint density at radius 3 is 2.81 bits per heavy atom. The molecule has 0 aromatic carbocycles. The molecule has 16 heavy (non-hydrogen) atoms. The quantitative estimate of drug-likeness (QED) is 0.519. The minimum atomic E-state index is -0.127. The van der Waals surface area contributed by atoms with Crippen LogP contribution >= 0.6 is 0 Å². The van der Waals surface area contributed by atoms with Crippen molar-refractivity contribution in [2.24, 2.45) is 10.7 Å². The van der Waals surface area contributed by atoms with E-state index in [2.05, 4.69) is 22.0 Å². The van der Waals surface area contributed by atoms with Gasteiger partial charge in [-0.15, -0.1) is 0 Å². The van der Waals surface area contributed by atoms with E-state index in [1.54, 1.807) is 0 Å². The summed E-state index contributed by atoms with van der Waals surface area (Å²) in [5, 5.41) is 3.09. The van der Waals surface area contributed by atoms with E-state index in [0.29, 0.717) is 18.4 Å². The third kappa shape index (κ3) is 4.08. The number of nitrogens with zero attached hydrogens (tertiary/aromatic N) is 1. The summed E-state index contributed by atoms with van der Waals surface area (Å²) >= 11 is 0. The molecular weight excluding hydrogens is 206 g/mol. The van der Waals surface area contributed by atoms with Gasteiger partial charge in [-0.3, -0.25) is 4.79 Å². The number of methoxy groups -OCH3 is 1. The van der Waals surface area contributed by atoms with Crippen LogP contribution in [0.1, 0.15) is 39.0 Å². The normalized spacial score (nSPS) is 23.8. The van der Waals surface area contributed by atoms with E-state index in [1.165, 1.54) is 7.11 Å². The third-order valence-electron chi connectivity index (χ3n) is 2.87. The van der Waals surface area contributed by atoms with Crippen LogP contribution in [0, 0.1) is 0 Å². The summed E-state index contributed by atoms with van der Waals surface area (Å²) in [6.07, 6.45) is 4.54. The fourth-order valence-electron chi connectivity index (χ4n) is 1.87. The monoisotopic (exact) mass is 227 g/mol. The van der Waals surface area contributed by atoms with Gasteiger partial charge in [0.2, 0.25) is 0 Å². The standard InChI is InChI=1S/C11H21N3O2/c1-8-9(14-11(12)13-8)6-4-3-5-7-10(15)16-2/h8-9H,3-7H2,1-2H3,(H3,12,13,14). The maximum absolute atomic E-state index is 10.9. The summed E-state index contributed by atoms with van der Waals surface area (Å²) in [6.45, 7) is 2.09. The Kier molecular flexibility index (Phi) is 5.08. The zero-order valence-electron chi connectivity index (χ0n) is 10.0. The molecule has 0 fully saturated rings. The summed E-state index contributed by atoms with van der Waals surface area (Å²) < 4.78 is 4.57. The van der Waals surface area contributed by atoms with Gasteiger partial charge in [0.15, 0.2) is 5.96 Å². The SMILES string of the molecule is COC(=O)CCCCCC1N=C(N)NC1C. The summed E-state index contributed by atoms with van der Waals surface area (Å²) in [7, 11) is 1.42. The van der Waals surface area contributed by atoms with Crippen LogP contribution in [0.4, 0.5) is 0 Å². The molecule has 0 amide bonds. The van der Waals surface area contributed by atoms with Crippen LogP contribution < -0.4 is 11.1 Å². The summed E-state index contributed by atoms with van der Waals surface area (Å²) in [5.74, 6) is 0.422. The van der Waals surface area contributed by atoms with Crippen LogP contribution in [0.15, 0.2) is 4.99 Å². The van der Waals surface area contributed by atoms with Crippen LogP contribution in [0.3, 0.4) is 0 Å². The Balaban J connectivity index is 2.05. The van der Waals surface area contributed by atoms with Gasteiger partial charge in [-0.25, -0.2) is 4.99 Å². The van der Waals surface area contributed by atoms with E-state index in [-0.39, 0.29) is 12.0 Å². The first-order chi connectivity index (χ1) is 7.63. The smallest absolute Gasteiger partial charge is 0.305 e. The maximum Gasteiger partial charge on any atom is 0.305 e. The Morgan fingerprint density at radius 1 is 1.50 bits per heavy atom. The zero-order chi connectivity index (χ0) is 12.0. The number of carbonyl (C=O) groups excluding carboxylic acids is 1. The van der Waals surface area contributed by atoms with E-state index < -0.39 is 0 Å². The molecule has 92 valence electrons. The second-order valence-corrected chi connectivity index (χ2v) is 4.19. The molecule has 5 heteroatoms. The molecule has 1 rings (SSSR count). The highest BCUT2D eigenvalue weighted by Crippen LogP contribution is 2.14. The van der Waals surface area contributed by atoms with Crippen molar-refractivity contribution in [1.29, 1.82) is 0 Å². The van der Waals surface area contributed by atoms with Crippen molar-refractivity contribution in [3.8, 4) is 0 Å². The molecule has 0 saturated heterocycles. The van der Waals surface area contributed by atoms with Gasteiger partial charge >= 0.3 is 5.97 Å². The number of guanidine groups is 1. The third-order valence-corrected chi connectivity index (χ3v) is 2.87. The lowest BCUT2D eigenvalue weighted by atomic mass is 10.0. The molecule has 0 radical (unpaired) electrons. The van der Waals surface area contributed by atoms with Crippen molar-refractivity contribution >= 4 is 11.9 Å². The van der Waals surface area contributed by atoms with E-state index in [9.17, 15) is 4.79 Å². The number of nitrogens with two attached hydrogens (primary N) is 1. The molecule has 1 aliphatic rings. The number of carbonyl (C=O) groups is 1. The predicted octanol–water partition coefficient (Wildman–Crippen LogP) is 0.785. The van der Waals surface area contributed by atoms with Crippen molar-refractivity contribution in [1.82, 2.24) is 5.32 Å². The van der Waals surface area contributed by atoms with E-state index in [1.807, 2.05) is 0 Å². The minimum Gasteiger partial charge on any atom is -0.469 e. The Morgan fingerprint density at radius 2 is 2.25 bits per heavy atom. The average Bonchev–Trinajstić information content (AvgIpc) is 2.56. The summed E-state index contributed by atoms with van der Waals surface area (Å²) in [6, 6.07) is 0.624. The topological polar surface area (TPSA) is 76.7 Å². The lowest BCUT2D eigenvalue weighted by Gasteiger charge is -2.12. The molecule has 2 unspecified atom stereocenters. The fraction of sp³-hybridized carbons (Fsp3) is 0.818. The highest BCUT2D eigenvalue weighted by molar-refractivity contribution is 5.80. The lowest BCUT2D eigenvalue weighted by molar-refractivity contribution is -0.140. The molecule has 0 aromatic heterocycles. The molecule has 0 spiro atoms. The van der Waals surface area contributed by atoms with E-state index >= 15 is 0 Å². The fourth-order valence-corrected chi connectivity index (χ4v) is 1.87. The Labute approximate surface area is 96.4 Å². The first-order valence-electron chi connectivity index (χ1n) is 5.80. The van der Waals surface area contributed by atoms with Gasteiger partial charge in [-0.1, -0.05) is 12.8 Å². The molecule has 2 atom stereocenters. The summed E-state index contributed by atoms with van der Waals surface area (Å²) in [5.41, 5.74) is 5.58. The van der Waals surface area contributed by atoms with Gasteiger partial charge in [0.05, 0.1) is 13.2 Å². The average molecular weight is 227 g/mol. The molecule has 1 heterocycles. The van der Waals surface area contributed by atoms with Crippen LogP contribution in [0.2, 0.25) is 0 Å². The van der Waals surface area contributed by atoms with Gasteiger partial charge in [-0.05, 0) is 19.8 Å². The van der Waals surface area contributed by atoms with Crippen molar-refractivity contribution in [3.05, 3.63) is 0 Å². The highest BCUT2D eigenvalue weighted by atomic mass is 16.5. The van der Waals surface area contributed by atoms with Crippen molar-refractivity contribution < 1.29 is 9.53 Å². The number of unbranched alkanes of at least 4 members (excludes halogenated alkanes) is 2. The molecule has 0 saturated carbocycles. The van der Waals surface area contributed by atoms with E-state index in [0.717, 1.165) is 25.7 Å². The number of hydrogen-bond acceptors (Lipinski definition) is 5. The van der Waals surface area contributed by atoms with E-state index in [4.69, 9.17) is 5.73 Å². The van der Waals surface area contributed by atoms with Crippen molar-refractivity contribution in [2.45, 2.75) is 51.1 Å². The second-order valence-electron chi connectivity index (χ2n) is 4.19. The van der Waals surface area contributed by atoms with Crippen molar-refractivity contribution in [2.75, 3.05) is 7.11 Å². The van der Waals surface area contributed by atoms with Crippen LogP contribution in [0.25, 0.3) is 0 Å². The number of aliphatic imine (C=N–C) groups is 1. The summed E-state index contributed by atoms with van der Waals surface area (Å²) in [4.78, 5) is 15.2. The predicted molar refractivity (Wildman–Crippen MR) is 63.1 cm³/mol. The van der Waals surface area contributed by atoms with Gasteiger partial charge in [0.1, 0.15) is 0 Å². The molecule has 0 aliphatic carbocycles. The molecular formula is C11H21N3O2. The molecule has 5 nitrogen and oxygen atoms in total. The van der Waals surface area contributed by atoms with Crippen LogP contribution in [-0.2, 0) is 9.53 Å². The molecule has 1 aliphatic heterocycles. The van der Waals surface area contributed by atoms with Gasteiger partial charge < -0.3 is 15.8 Å². The largest absolute Gasteiger partial charge is 0.469 e. The number of rotatable bonds is 6. The molecule has 0 bridgehead atoms. The number of hydrogen-bond donors (Lipinski definition) is 2. The minimum absolute atomic E-state index is 0.127. The maximum atomic E-state index is 10.9. The van der Waals surface area contributed by atoms with Crippen LogP contribution in [-0.4, -0.2) is 31.1 Å². The van der Waals surface area contributed by atoms with Gasteiger partial charge in [0, 0.05) is 12.5 Å². The first kappa shape index (κ1) is 12.8. The second kappa shape index (κ2) is 6.35. The number of ether oxygens (including phenoxy) is 1. The lowest BCUT2D eigenvalue weighted by Crippen LogP contribution is -2.35. The first-order valence-corrected chi connectivity index (χ1v) is 5.80. The van der Waals surface area contributed by atoms with Crippen LogP contribution in [0.5, 0.6) is 0 Å². The van der Waals surface area contributed by atoms with Gasteiger partial charge in [0.25, 0.3) is 0 Å². The number of nitrogens with one attached hydrogen (secondary N) is 1. The molecule has 3 N–H and O–H groups in total. The van der Waals surface area contributed by atoms with Crippen molar-refractivity contribution in [3.63, 3.8) is 0 Å². The zero-order valence-corrected chi connectivity index (χ0v) is 10.0. The Hall–Kier alpha value is -1.26. The van der Waals surface area contributed by atoms with Gasteiger partial charge in [-0.2, -0.15) is 0 Å². The number of esters is 1. The Bertz CT molecular complexity index is 266. The molecule has 0 aromatic rings. The highest BCUT2D eigenvalue weighted by Gasteiger charge is 2.22.